The predicted molar refractivity (Wildman–Crippen MR) is 114 cm³/mol. The van der Waals surface area contributed by atoms with Crippen molar-refractivity contribution in [3.05, 3.63) is 35.6 Å². The van der Waals surface area contributed by atoms with Gasteiger partial charge in [-0.2, -0.15) is 11.8 Å². The summed E-state index contributed by atoms with van der Waals surface area (Å²) < 4.78 is 13.8. The lowest BCUT2D eigenvalue weighted by atomic mass is 10.1. The van der Waals surface area contributed by atoms with Crippen molar-refractivity contribution in [2.24, 2.45) is 4.99 Å². The number of halogens is 2. The lowest BCUT2D eigenvalue weighted by molar-refractivity contribution is 0.0950. The number of carbonyl (C=O) groups is 1. The van der Waals surface area contributed by atoms with Crippen LogP contribution < -0.4 is 16.0 Å². The van der Waals surface area contributed by atoms with Crippen LogP contribution in [0.25, 0.3) is 0 Å². The number of hydrogen-bond acceptors (Lipinski definition) is 3. The first-order valence-corrected chi connectivity index (χ1v) is 9.14. The maximum Gasteiger partial charge on any atom is 0.254 e. The zero-order valence-electron chi connectivity index (χ0n) is 14.6. The van der Waals surface area contributed by atoms with Crippen LogP contribution in [-0.2, 0) is 0 Å². The van der Waals surface area contributed by atoms with E-state index in [-0.39, 0.29) is 34.3 Å². The topological polar surface area (TPSA) is 65.5 Å². The molecule has 3 N–H and O–H groups in total. The van der Waals surface area contributed by atoms with Crippen molar-refractivity contribution in [2.75, 3.05) is 32.4 Å². The largest absolute Gasteiger partial charge is 0.355 e. The van der Waals surface area contributed by atoms with Gasteiger partial charge in [0.1, 0.15) is 5.82 Å². The third kappa shape index (κ3) is 7.01. The minimum atomic E-state index is -0.511. The van der Waals surface area contributed by atoms with Gasteiger partial charge in [-0.1, -0.05) is 12.1 Å². The summed E-state index contributed by atoms with van der Waals surface area (Å²) in [6.45, 7) is 4.03. The minimum absolute atomic E-state index is 0. The molecule has 1 fully saturated rings. The summed E-state index contributed by atoms with van der Waals surface area (Å²) in [5, 5.41) is 9.17. The van der Waals surface area contributed by atoms with Gasteiger partial charge >= 0.3 is 0 Å². The third-order valence-electron chi connectivity index (χ3n) is 3.98. The fourth-order valence-electron chi connectivity index (χ4n) is 2.57. The van der Waals surface area contributed by atoms with E-state index in [1.165, 1.54) is 30.7 Å². The molecule has 1 aliphatic heterocycles. The highest BCUT2D eigenvalue weighted by molar-refractivity contribution is 14.0. The Morgan fingerprint density at radius 2 is 2.00 bits per heavy atom. The first kappa shape index (κ1) is 22.0. The number of aliphatic imine (C=N–C) groups is 1. The molecule has 5 nitrogen and oxygen atoms in total. The Morgan fingerprint density at radius 1 is 1.28 bits per heavy atom. The highest BCUT2D eigenvalue weighted by Gasteiger charge is 2.29. The van der Waals surface area contributed by atoms with E-state index in [0.717, 1.165) is 6.54 Å². The average molecular weight is 480 g/mol. The molecule has 1 unspecified atom stereocenters. The van der Waals surface area contributed by atoms with Crippen LogP contribution in [0.5, 0.6) is 0 Å². The van der Waals surface area contributed by atoms with Crippen molar-refractivity contribution in [3.63, 3.8) is 0 Å². The van der Waals surface area contributed by atoms with E-state index in [2.05, 4.69) is 27.9 Å². The number of nitrogens with one attached hydrogen (secondary N) is 3. The Labute approximate surface area is 170 Å². The van der Waals surface area contributed by atoms with Gasteiger partial charge in [-0.05, 0) is 37.7 Å². The summed E-state index contributed by atoms with van der Waals surface area (Å²) >= 11 is 1.99. The Morgan fingerprint density at radius 3 is 2.64 bits per heavy atom. The van der Waals surface area contributed by atoms with E-state index in [1.54, 1.807) is 19.2 Å². The van der Waals surface area contributed by atoms with Gasteiger partial charge in [-0.25, -0.2) is 4.39 Å². The molecule has 8 heteroatoms. The molecular formula is C17H26FIN4OS. The maximum atomic E-state index is 13.5. The molecule has 0 aliphatic carbocycles. The van der Waals surface area contributed by atoms with Crippen molar-refractivity contribution in [3.8, 4) is 0 Å². The summed E-state index contributed by atoms with van der Waals surface area (Å²) in [5.74, 6) is 1.01. The minimum Gasteiger partial charge on any atom is -0.355 e. The first-order valence-electron chi connectivity index (χ1n) is 8.15. The lowest BCUT2D eigenvalue weighted by Crippen LogP contribution is -2.45. The van der Waals surface area contributed by atoms with E-state index >= 15 is 0 Å². The molecule has 1 saturated heterocycles. The number of benzene rings is 1. The summed E-state index contributed by atoms with van der Waals surface area (Å²) in [4.78, 5) is 16.1. The number of carbonyl (C=O) groups excluding carboxylic acids is 1. The summed E-state index contributed by atoms with van der Waals surface area (Å²) in [5.41, 5.74) is 0.0613. The SMILES string of the molecule is CN=C(NCCNC(=O)c1ccccc1F)NCC1(C)CCCS1.I. The molecule has 1 aromatic rings. The van der Waals surface area contributed by atoms with E-state index in [4.69, 9.17) is 0 Å². The van der Waals surface area contributed by atoms with Gasteiger partial charge in [0.25, 0.3) is 5.91 Å². The smallest absolute Gasteiger partial charge is 0.254 e. The standard InChI is InChI=1S/C17H25FN4OS.HI/c1-17(8-5-11-24-17)12-22-16(19-2)21-10-9-20-15(23)13-6-3-4-7-14(13)18;/h3-4,6-7H,5,8-12H2,1-2H3,(H,20,23)(H2,19,21,22);1H. The molecule has 0 bridgehead atoms. The zero-order chi connectivity index (χ0) is 17.4. The van der Waals surface area contributed by atoms with Crippen LogP contribution in [0.15, 0.2) is 29.3 Å². The van der Waals surface area contributed by atoms with Gasteiger partial charge < -0.3 is 16.0 Å². The van der Waals surface area contributed by atoms with Crippen molar-refractivity contribution in [1.82, 2.24) is 16.0 Å². The molecule has 1 aliphatic rings. The molecule has 1 atom stereocenters. The number of thioether (sulfide) groups is 1. The molecule has 0 radical (unpaired) electrons. The van der Waals surface area contributed by atoms with Crippen LogP contribution >= 0.6 is 35.7 Å². The molecule has 25 heavy (non-hydrogen) atoms. The number of rotatable bonds is 6. The van der Waals surface area contributed by atoms with Gasteiger partial charge in [-0.3, -0.25) is 9.79 Å². The summed E-state index contributed by atoms with van der Waals surface area (Å²) in [7, 11) is 1.72. The first-order chi connectivity index (χ1) is 11.5. The number of hydrogen-bond donors (Lipinski definition) is 3. The predicted octanol–water partition coefficient (Wildman–Crippen LogP) is 2.62. The molecule has 0 spiro atoms. The fourth-order valence-corrected chi connectivity index (χ4v) is 3.81. The van der Waals surface area contributed by atoms with Gasteiger partial charge in [0.15, 0.2) is 5.96 Å². The molecule has 0 saturated carbocycles. The van der Waals surface area contributed by atoms with E-state index < -0.39 is 11.7 Å². The maximum absolute atomic E-state index is 13.5. The summed E-state index contributed by atoms with van der Waals surface area (Å²) in [6, 6.07) is 5.95. The number of guanidine groups is 1. The van der Waals surface area contributed by atoms with Crippen molar-refractivity contribution in [2.45, 2.75) is 24.5 Å². The van der Waals surface area contributed by atoms with Gasteiger partial charge in [-0.15, -0.1) is 24.0 Å². The van der Waals surface area contributed by atoms with E-state index in [0.29, 0.717) is 19.0 Å². The van der Waals surface area contributed by atoms with Crippen molar-refractivity contribution >= 4 is 47.6 Å². The Kier molecular flexibility index (Phi) is 9.55. The third-order valence-corrected chi connectivity index (χ3v) is 5.51. The van der Waals surface area contributed by atoms with Crippen LogP contribution in [0.4, 0.5) is 4.39 Å². The quantitative estimate of drug-likeness (QED) is 0.254. The van der Waals surface area contributed by atoms with Crippen molar-refractivity contribution in [1.29, 1.82) is 0 Å². The van der Waals surface area contributed by atoms with E-state index in [1.807, 2.05) is 11.8 Å². The Balaban J connectivity index is 0.00000312. The van der Waals surface area contributed by atoms with Crippen LogP contribution in [0.3, 0.4) is 0 Å². The molecule has 0 aromatic heterocycles. The second kappa shape index (κ2) is 10.8. The van der Waals surface area contributed by atoms with Crippen LogP contribution in [0.2, 0.25) is 0 Å². The highest BCUT2D eigenvalue weighted by atomic mass is 127. The normalized spacial score (nSPS) is 19.9. The molecular weight excluding hydrogens is 454 g/mol. The molecule has 1 heterocycles. The highest BCUT2D eigenvalue weighted by Crippen LogP contribution is 2.36. The van der Waals surface area contributed by atoms with Gasteiger partial charge in [0.05, 0.1) is 5.56 Å². The molecule has 140 valence electrons. The van der Waals surface area contributed by atoms with Gasteiger partial charge in [0.2, 0.25) is 0 Å². The molecule has 1 amide bonds. The second-order valence-electron chi connectivity index (χ2n) is 5.99. The Hall–Kier alpha value is -1.03. The van der Waals surface area contributed by atoms with Crippen LogP contribution in [-0.4, -0.2) is 49.0 Å². The summed E-state index contributed by atoms with van der Waals surface area (Å²) in [6.07, 6.45) is 2.47. The second-order valence-corrected chi connectivity index (χ2v) is 7.67. The lowest BCUT2D eigenvalue weighted by Gasteiger charge is -2.24. The van der Waals surface area contributed by atoms with Crippen LogP contribution in [0.1, 0.15) is 30.1 Å². The van der Waals surface area contributed by atoms with E-state index in [9.17, 15) is 9.18 Å². The fraction of sp³-hybridized carbons (Fsp3) is 0.529. The molecule has 1 aromatic carbocycles. The van der Waals surface area contributed by atoms with Crippen molar-refractivity contribution < 1.29 is 9.18 Å². The van der Waals surface area contributed by atoms with Gasteiger partial charge in [0, 0.05) is 31.4 Å². The average Bonchev–Trinajstić information content (AvgIpc) is 3.01. The van der Waals surface area contributed by atoms with Crippen LogP contribution in [0, 0.1) is 5.82 Å². The Bertz CT molecular complexity index is 594. The molecule has 2 rings (SSSR count). The monoisotopic (exact) mass is 480 g/mol. The number of nitrogens with zero attached hydrogens (tertiary/aromatic N) is 1. The number of amides is 1. The zero-order valence-corrected chi connectivity index (χ0v) is 17.7.